The molecular formula is C9H18N2O4S. The van der Waals surface area contributed by atoms with Gasteiger partial charge in [-0.3, -0.25) is 0 Å². The molecule has 0 saturated heterocycles. The van der Waals surface area contributed by atoms with Crippen LogP contribution in [-0.4, -0.2) is 26.7 Å². The molecule has 1 amide bonds. The lowest BCUT2D eigenvalue weighted by Crippen LogP contribution is -2.43. The van der Waals surface area contributed by atoms with E-state index in [4.69, 9.17) is 4.74 Å². The maximum absolute atomic E-state index is 11.3. The van der Waals surface area contributed by atoms with Gasteiger partial charge in [-0.05, 0) is 39.5 Å². The third kappa shape index (κ3) is 5.92. The molecular weight excluding hydrogens is 232 g/mol. The molecule has 1 saturated carbocycles. The van der Waals surface area contributed by atoms with Crippen molar-refractivity contribution >= 4 is 16.3 Å². The molecule has 0 atom stereocenters. The summed E-state index contributed by atoms with van der Waals surface area (Å²) in [6.45, 7) is 5.36. The van der Waals surface area contributed by atoms with Gasteiger partial charge in [0.1, 0.15) is 5.60 Å². The van der Waals surface area contributed by atoms with Crippen LogP contribution >= 0.6 is 0 Å². The van der Waals surface area contributed by atoms with Crippen molar-refractivity contribution in [3.8, 4) is 0 Å². The van der Waals surface area contributed by atoms with E-state index >= 15 is 0 Å². The first kappa shape index (κ1) is 13.2. The lowest BCUT2D eigenvalue weighted by atomic mass is 10.2. The molecule has 0 aromatic heterocycles. The number of carbonyl (C=O) groups is 1. The molecule has 0 aliphatic heterocycles. The van der Waals surface area contributed by atoms with E-state index < -0.39 is 21.9 Å². The minimum absolute atomic E-state index is 0.373. The summed E-state index contributed by atoms with van der Waals surface area (Å²) in [5.41, 5.74) is -0.712. The average molecular weight is 250 g/mol. The molecule has 0 heterocycles. The third-order valence-electron chi connectivity index (χ3n) is 1.88. The van der Waals surface area contributed by atoms with Crippen LogP contribution in [0.1, 0.15) is 33.6 Å². The molecule has 1 aliphatic carbocycles. The van der Waals surface area contributed by atoms with Gasteiger partial charge in [-0.1, -0.05) is 0 Å². The van der Waals surface area contributed by atoms with Crippen molar-refractivity contribution < 1.29 is 17.9 Å². The zero-order chi connectivity index (χ0) is 12.4. The highest BCUT2D eigenvalue weighted by atomic mass is 32.2. The van der Waals surface area contributed by atoms with Gasteiger partial charge >= 0.3 is 16.3 Å². The van der Waals surface area contributed by atoms with Gasteiger partial charge in [0.2, 0.25) is 0 Å². The van der Waals surface area contributed by atoms with Crippen LogP contribution in [0.2, 0.25) is 0 Å². The smallest absolute Gasteiger partial charge is 0.422 e. The predicted molar refractivity (Wildman–Crippen MR) is 59.0 cm³/mol. The Morgan fingerprint density at radius 2 is 1.94 bits per heavy atom. The molecule has 16 heavy (non-hydrogen) atoms. The zero-order valence-corrected chi connectivity index (χ0v) is 10.6. The van der Waals surface area contributed by atoms with E-state index in [0.29, 0.717) is 12.5 Å². The Kier molecular flexibility index (Phi) is 3.80. The highest BCUT2D eigenvalue weighted by Crippen LogP contribution is 2.27. The molecule has 94 valence electrons. The minimum atomic E-state index is -3.78. The molecule has 2 N–H and O–H groups in total. The summed E-state index contributed by atoms with van der Waals surface area (Å²) < 4.78 is 31.6. The van der Waals surface area contributed by atoms with E-state index in [0.717, 1.165) is 12.8 Å². The quantitative estimate of drug-likeness (QED) is 0.771. The molecule has 7 heteroatoms. The second kappa shape index (κ2) is 4.58. The second-order valence-electron chi connectivity index (χ2n) is 4.90. The van der Waals surface area contributed by atoms with E-state index in [1.54, 1.807) is 25.5 Å². The van der Waals surface area contributed by atoms with E-state index in [1.165, 1.54) is 0 Å². The lowest BCUT2D eigenvalue weighted by molar-refractivity contribution is 0.0569. The Balaban J connectivity index is 2.35. The maximum atomic E-state index is 11.3. The van der Waals surface area contributed by atoms with Crippen LogP contribution < -0.4 is 9.44 Å². The van der Waals surface area contributed by atoms with Gasteiger partial charge in [-0.15, -0.1) is 0 Å². The van der Waals surface area contributed by atoms with Gasteiger partial charge < -0.3 is 4.74 Å². The van der Waals surface area contributed by atoms with Gasteiger partial charge in [-0.25, -0.2) is 9.52 Å². The molecule has 1 aliphatic rings. The Hall–Kier alpha value is -0.820. The van der Waals surface area contributed by atoms with Crippen LogP contribution in [0.15, 0.2) is 0 Å². The standard InChI is InChI=1S/C9H18N2O4S/c1-9(2,3)15-8(12)11-16(13,14)10-6-7-4-5-7/h7,10H,4-6H2,1-3H3,(H,11,12). The molecule has 0 aromatic rings. The van der Waals surface area contributed by atoms with Crippen molar-refractivity contribution in [1.82, 2.24) is 9.44 Å². The molecule has 0 radical (unpaired) electrons. The first-order valence-corrected chi connectivity index (χ1v) is 6.67. The fourth-order valence-electron chi connectivity index (χ4n) is 0.994. The summed E-state index contributed by atoms with van der Waals surface area (Å²) in [6, 6.07) is 0. The zero-order valence-electron chi connectivity index (χ0n) is 9.74. The number of rotatable bonds is 4. The Bertz CT molecular complexity index is 354. The summed E-state index contributed by atoms with van der Waals surface area (Å²) in [5, 5.41) is 0. The molecule has 0 bridgehead atoms. The number of nitrogens with one attached hydrogen (secondary N) is 2. The van der Waals surface area contributed by atoms with Crippen LogP contribution in [-0.2, 0) is 14.9 Å². The second-order valence-corrected chi connectivity index (χ2v) is 6.40. The van der Waals surface area contributed by atoms with Gasteiger partial charge in [0, 0.05) is 6.54 Å². The fraction of sp³-hybridized carbons (Fsp3) is 0.889. The average Bonchev–Trinajstić information content (AvgIpc) is 2.77. The summed E-state index contributed by atoms with van der Waals surface area (Å²) in [4.78, 5) is 11.2. The van der Waals surface area contributed by atoms with Crippen molar-refractivity contribution in [1.29, 1.82) is 0 Å². The van der Waals surface area contributed by atoms with E-state index in [1.807, 2.05) is 0 Å². The number of hydrogen-bond acceptors (Lipinski definition) is 4. The number of carbonyl (C=O) groups excluding carboxylic acids is 1. The van der Waals surface area contributed by atoms with Crippen LogP contribution in [0.3, 0.4) is 0 Å². The highest BCUT2D eigenvalue weighted by molar-refractivity contribution is 7.88. The van der Waals surface area contributed by atoms with Gasteiger partial charge in [0.05, 0.1) is 0 Å². The number of hydrogen-bond donors (Lipinski definition) is 2. The molecule has 6 nitrogen and oxygen atoms in total. The van der Waals surface area contributed by atoms with Gasteiger partial charge in [-0.2, -0.15) is 13.1 Å². The topological polar surface area (TPSA) is 84.5 Å². The summed E-state index contributed by atoms with van der Waals surface area (Å²) >= 11 is 0. The Morgan fingerprint density at radius 1 is 1.38 bits per heavy atom. The third-order valence-corrected chi connectivity index (χ3v) is 2.86. The van der Waals surface area contributed by atoms with Crippen molar-refractivity contribution in [3.05, 3.63) is 0 Å². The molecule has 0 spiro atoms. The summed E-state index contributed by atoms with van der Waals surface area (Å²) in [7, 11) is -3.78. The van der Waals surface area contributed by atoms with E-state index in [9.17, 15) is 13.2 Å². The van der Waals surface area contributed by atoms with E-state index in [2.05, 4.69) is 4.72 Å². The fourth-order valence-corrected chi connectivity index (χ4v) is 1.78. The minimum Gasteiger partial charge on any atom is -0.443 e. The SMILES string of the molecule is CC(C)(C)OC(=O)NS(=O)(=O)NCC1CC1. The van der Waals surface area contributed by atoms with Crippen molar-refractivity contribution in [2.75, 3.05) is 6.54 Å². The molecule has 0 aromatic carbocycles. The first-order chi connectivity index (χ1) is 7.18. The summed E-state index contributed by atoms with van der Waals surface area (Å²) in [5.74, 6) is 0.412. The summed E-state index contributed by atoms with van der Waals surface area (Å²) in [6.07, 6.45) is 1.11. The predicted octanol–water partition coefficient (Wildman–Crippen LogP) is 0.755. The Labute approximate surface area is 95.9 Å². The first-order valence-electron chi connectivity index (χ1n) is 5.18. The monoisotopic (exact) mass is 250 g/mol. The maximum Gasteiger partial charge on any atom is 0.422 e. The van der Waals surface area contributed by atoms with Crippen LogP contribution in [0.5, 0.6) is 0 Å². The normalized spacial score (nSPS) is 16.9. The largest absolute Gasteiger partial charge is 0.443 e. The van der Waals surface area contributed by atoms with E-state index in [-0.39, 0.29) is 0 Å². The van der Waals surface area contributed by atoms with Crippen LogP contribution in [0.25, 0.3) is 0 Å². The van der Waals surface area contributed by atoms with Gasteiger partial charge in [0.15, 0.2) is 0 Å². The van der Waals surface area contributed by atoms with Crippen LogP contribution in [0, 0.1) is 5.92 Å². The molecule has 0 unspecified atom stereocenters. The lowest BCUT2D eigenvalue weighted by Gasteiger charge is -2.19. The Morgan fingerprint density at radius 3 is 2.38 bits per heavy atom. The van der Waals surface area contributed by atoms with Gasteiger partial charge in [0.25, 0.3) is 0 Å². The van der Waals surface area contributed by atoms with Crippen molar-refractivity contribution in [2.24, 2.45) is 5.92 Å². The number of ether oxygens (including phenoxy) is 1. The van der Waals surface area contributed by atoms with Crippen LogP contribution in [0.4, 0.5) is 4.79 Å². The number of amides is 1. The van der Waals surface area contributed by atoms with Crippen molar-refractivity contribution in [3.63, 3.8) is 0 Å². The molecule has 1 rings (SSSR count). The highest BCUT2D eigenvalue weighted by Gasteiger charge is 2.25. The van der Waals surface area contributed by atoms with Crippen molar-refractivity contribution in [2.45, 2.75) is 39.2 Å². The molecule has 1 fully saturated rings.